The molecule has 104 valence electrons. The monoisotopic (exact) mass is 261 g/mol. The van der Waals surface area contributed by atoms with Gasteiger partial charge in [-0.2, -0.15) is 0 Å². The lowest BCUT2D eigenvalue weighted by atomic mass is 10.1. The summed E-state index contributed by atoms with van der Waals surface area (Å²) in [6.07, 6.45) is 5.13. The van der Waals surface area contributed by atoms with Gasteiger partial charge in [-0.15, -0.1) is 0 Å². The maximum atomic E-state index is 11.7. The van der Waals surface area contributed by atoms with Crippen LogP contribution in [0.5, 0.6) is 0 Å². The Hall–Kier alpha value is -1.61. The van der Waals surface area contributed by atoms with Gasteiger partial charge in [-0.1, -0.05) is 48.9 Å². The number of nitrogens with one attached hydrogen (secondary N) is 1. The Morgan fingerprint density at radius 2 is 2.05 bits per heavy atom. The van der Waals surface area contributed by atoms with Gasteiger partial charge in [-0.05, 0) is 18.9 Å². The fraction of sp³-hybridized carbons (Fsp3) is 0.438. The first-order valence-corrected chi connectivity index (χ1v) is 6.67. The Kier molecular flexibility index (Phi) is 6.90. The number of carbonyl (C=O) groups is 1. The molecule has 0 heterocycles. The molecule has 0 radical (unpaired) electrons. The standard InChI is InChI=1S/C16H23NO2/c1-4-15(12-19-3)17-16(18)7-5-6-14-10-8-13(2)9-11-14/h5-6,8-11,15H,4,7,12H2,1-3H3,(H,17,18). The predicted molar refractivity (Wildman–Crippen MR) is 78.9 cm³/mol. The molecule has 19 heavy (non-hydrogen) atoms. The van der Waals surface area contributed by atoms with Crippen LogP contribution in [0.25, 0.3) is 6.08 Å². The minimum Gasteiger partial charge on any atom is -0.383 e. The highest BCUT2D eigenvalue weighted by Gasteiger charge is 2.08. The smallest absolute Gasteiger partial charge is 0.224 e. The van der Waals surface area contributed by atoms with Crippen molar-refractivity contribution >= 4 is 12.0 Å². The van der Waals surface area contributed by atoms with E-state index in [9.17, 15) is 4.79 Å². The van der Waals surface area contributed by atoms with Gasteiger partial charge in [0.25, 0.3) is 0 Å². The van der Waals surface area contributed by atoms with Gasteiger partial charge in [0, 0.05) is 13.5 Å². The average molecular weight is 261 g/mol. The van der Waals surface area contributed by atoms with E-state index in [0.717, 1.165) is 12.0 Å². The summed E-state index contributed by atoms with van der Waals surface area (Å²) in [5, 5.41) is 2.95. The molecule has 0 aliphatic carbocycles. The Labute approximate surface area is 115 Å². The Bertz CT molecular complexity index is 409. The van der Waals surface area contributed by atoms with Crippen LogP contribution in [-0.4, -0.2) is 25.7 Å². The first kappa shape index (κ1) is 15.4. The zero-order valence-corrected chi connectivity index (χ0v) is 12.0. The van der Waals surface area contributed by atoms with Crippen LogP contribution in [0.15, 0.2) is 30.3 Å². The second-order valence-corrected chi connectivity index (χ2v) is 4.65. The van der Waals surface area contributed by atoms with E-state index in [2.05, 4.69) is 24.4 Å². The fourth-order valence-electron chi connectivity index (χ4n) is 1.73. The molecule has 0 saturated heterocycles. The summed E-state index contributed by atoms with van der Waals surface area (Å²) in [5.41, 5.74) is 2.35. The number of carbonyl (C=O) groups excluding carboxylic acids is 1. The van der Waals surface area contributed by atoms with Gasteiger partial charge >= 0.3 is 0 Å². The van der Waals surface area contributed by atoms with Crippen LogP contribution in [0.3, 0.4) is 0 Å². The molecule has 0 spiro atoms. The Morgan fingerprint density at radius 1 is 1.37 bits per heavy atom. The van der Waals surface area contributed by atoms with Crippen molar-refractivity contribution < 1.29 is 9.53 Å². The van der Waals surface area contributed by atoms with Crippen LogP contribution in [0.4, 0.5) is 0 Å². The molecule has 0 aliphatic rings. The van der Waals surface area contributed by atoms with Gasteiger partial charge in [0.1, 0.15) is 0 Å². The summed E-state index contributed by atoms with van der Waals surface area (Å²) in [6, 6.07) is 8.31. The van der Waals surface area contributed by atoms with Crippen molar-refractivity contribution in [2.24, 2.45) is 0 Å². The first-order chi connectivity index (χ1) is 9.15. The molecule has 1 aromatic carbocycles. The molecule has 3 heteroatoms. The Morgan fingerprint density at radius 3 is 2.63 bits per heavy atom. The molecule has 1 unspecified atom stereocenters. The topological polar surface area (TPSA) is 38.3 Å². The van der Waals surface area contributed by atoms with Crippen LogP contribution in [0.1, 0.15) is 30.9 Å². The number of hydrogen-bond acceptors (Lipinski definition) is 2. The first-order valence-electron chi connectivity index (χ1n) is 6.67. The lowest BCUT2D eigenvalue weighted by Gasteiger charge is -2.15. The summed E-state index contributed by atoms with van der Waals surface area (Å²) in [5.74, 6) is 0.0345. The van der Waals surface area contributed by atoms with E-state index < -0.39 is 0 Å². The molecule has 0 aromatic heterocycles. The molecule has 1 N–H and O–H groups in total. The van der Waals surface area contributed by atoms with Crippen LogP contribution in [0.2, 0.25) is 0 Å². The number of amides is 1. The lowest BCUT2D eigenvalue weighted by molar-refractivity contribution is -0.121. The SMILES string of the molecule is CCC(COC)NC(=O)CC=Cc1ccc(C)cc1. The number of rotatable bonds is 7. The highest BCUT2D eigenvalue weighted by Crippen LogP contribution is 2.05. The van der Waals surface area contributed by atoms with E-state index in [1.54, 1.807) is 7.11 Å². The van der Waals surface area contributed by atoms with Crippen molar-refractivity contribution in [2.45, 2.75) is 32.7 Å². The quantitative estimate of drug-likeness (QED) is 0.819. The van der Waals surface area contributed by atoms with Gasteiger partial charge in [0.2, 0.25) is 5.91 Å². The summed E-state index contributed by atoms with van der Waals surface area (Å²) < 4.78 is 5.05. The summed E-state index contributed by atoms with van der Waals surface area (Å²) in [7, 11) is 1.64. The minimum absolute atomic E-state index is 0.0345. The molecule has 1 amide bonds. The molecular weight excluding hydrogens is 238 g/mol. The highest BCUT2D eigenvalue weighted by atomic mass is 16.5. The number of methoxy groups -OCH3 is 1. The van der Waals surface area contributed by atoms with Crippen molar-refractivity contribution in [3.63, 3.8) is 0 Å². The summed E-state index contributed by atoms with van der Waals surface area (Å²) in [6.45, 7) is 4.65. The molecular formula is C16H23NO2. The summed E-state index contributed by atoms with van der Waals surface area (Å²) >= 11 is 0. The highest BCUT2D eigenvalue weighted by molar-refractivity contribution is 5.78. The third-order valence-electron chi connectivity index (χ3n) is 2.92. The van der Waals surface area contributed by atoms with Gasteiger partial charge in [0.15, 0.2) is 0 Å². The second kappa shape index (κ2) is 8.48. The molecule has 1 atom stereocenters. The molecule has 3 nitrogen and oxygen atoms in total. The molecule has 0 bridgehead atoms. The zero-order chi connectivity index (χ0) is 14.1. The van der Waals surface area contributed by atoms with Crippen molar-refractivity contribution in [3.05, 3.63) is 41.5 Å². The van der Waals surface area contributed by atoms with Gasteiger partial charge in [-0.25, -0.2) is 0 Å². The van der Waals surface area contributed by atoms with Crippen LogP contribution < -0.4 is 5.32 Å². The van der Waals surface area contributed by atoms with E-state index >= 15 is 0 Å². The zero-order valence-electron chi connectivity index (χ0n) is 12.0. The maximum absolute atomic E-state index is 11.7. The third kappa shape index (κ3) is 6.20. The van der Waals surface area contributed by atoms with E-state index in [-0.39, 0.29) is 11.9 Å². The van der Waals surface area contributed by atoms with Gasteiger partial charge in [0.05, 0.1) is 12.6 Å². The third-order valence-corrected chi connectivity index (χ3v) is 2.92. The number of ether oxygens (including phenoxy) is 1. The molecule has 1 rings (SSSR count). The number of hydrogen-bond donors (Lipinski definition) is 1. The molecule has 0 fully saturated rings. The maximum Gasteiger partial charge on any atom is 0.224 e. The summed E-state index contributed by atoms with van der Waals surface area (Å²) in [4.78, 5) is 11.7. The lowest BCUT2D eigenvalue weighted by Crippen LogP contribution is -2.37. The van der Waals surface area contributed by atoms with Crippen LogP contribution in [0, 0.1) is 6.92 Å². The Balaban J connectivity index is 2.39. The fourth-order valence-corrected chi connectivity index (χ4v) is 1.73. The van der Waals surface area contributed by atoms with Gasteiger partial charge in [-0.3, -0.25) is 4.79 Å². The normalized spacial score (nSPS) is 12.6. The molecule has 0 aliphatic heterocycles. The van der Waals surface area contributed by atoms with Crippen LogP contribution in [-0.2, 0) is 9.53 Å². The van der Waals surface area contributed by atoms with E-state index in [0.29, 0.717) is 13.0 Å². The van der Waals surface area contributed by atoms with E-state index in [4.69, 9.17) is 4.74 Å². The van der Waals surface area contributed by atoms with Crippen molar-refractivity contribution in [3.8, 4) is 0 Å². The number of aryl methyl sites for hydroxylation is 1. The molecule has 0 saturated carbocycles. The largest absolute Gasteiger partial charge is 0.383 e. The van der Waals surface area contributed by atoms with Crippen molar-refractivity contribution in [1.82, 2.24) is 5.32 Å². The number of benzene rings is 1. The van der Waals surface area contributed by atoms with Gasteiger partial charge < -0.3 is 10.1 Å². The predicted octanol–water partition coefficient (Wildman–Crippen LogP) is 2.94. The van der Waals surface area contributed by atoms with Crippen molar-refractivity contribution in [2.75, 3.05) is 13.7 Å². The second-order valence-electron chi connectivity index (χ2n) is 4.65. The average Bonchev–Trinajstić information content (AvgIpc) is 2.40. The van der Waals surface area contributed by atoms with Crippen molar-refractivity contribution in [1.29, 1.82) is 0 Å². The van der Waals surface area contributed by atoms with E-state index in [1.807, 2.05) is 31.2 Å². The van der Waals surface area contributed by atoms with Crippen LogP contribution >= 0.6 is 0 Å². The minimum atomic E-state index is 0.0345. The molecule has 1 aromatic rings. The van der Waals surface area contributed by atoms with E-state index in [1.165, 1.54) is 5.56 Å².